The quantitative estimate of drug-likeness (QED) is 0.730. The summed E-state index contributed by atoms with van der Waals surface area (Å²) in [5, 5.41) is 13.4. The third kappa shape index (κ3) is 4.00. The number of halogens is 2. The molecule has 0 aliphatic carbocycles. The molecule has 0 bridgehead atoms. The third-order valence-corrected chi connectivity index (χ3v) is 3.73. The fourth-order valence-electron chi connectivity index (χ4n) is 2.30. The minimum Gasteiger partial charge on any atom is -0.339 e. The van der Waals surface area contributed by atoms with Crippen LogP contribution in [0.25, 0.3) is 0 Å². The highest BCUT2D eigenvalue weighted by molar-refractivity contribution is 6.02. The van der Waals surface area contributed by atoms with E-state index in [0.717, 1.165) is 28.9 Å². The number of amides is 1. The Kier molecular flexibility index (Phi) is 4.88. The summed E-state index contributed by atoms with van der Waals surface area (Å²) in [5.74, 6) is -2.10. The predicted octanol–water partition coefficient (Wildman–Crippen LogP) is 4.37. The molecule has 0 saturated carbocycles. The lowest BCUT2D eigenvalue weighted by Crippen LogP contribution is -2.15. The Morgan fingerprint density at radius 2 is 1.73 bits per heavy atom. The van der Waals surface area contributed by atoms with Crippen LogP contribution in [0.5, 0.6) is 0 Å². The molecule has 26 heavy (non-hydrogen) atoms. The van der Waals surface area contributed by atoms with Gasteiger partial charge in [0.05, 0.1) is 0 Å². The van der Waals surface area contributed by atoms with Crippen LogP contribution < -0.4 is 10.6 Å². The zero-order valence-electron chi connectivity index (χ0n) is 14.2. The second kappa shape index (κ2) is 7.26. The lowest BCUT2D eigenvalue weighted by atomic mass is 10.1. The van der Waals surface area contributed by atoms with Crippen molar-refractivity contribution in [3.63, 3.8) is 0 Å². The van der Waals surface area contributed by atoms with Crippen molar-refractivity contribution in [2.75, 3.05) is 10.6 Å². The maximum absolute atomic E-state index is 13.2. The van der Waals surface area contributed by atoms with Gasteiger partial charge in [-0.05, 0) is 55.3 Å². The van der Waals surface area contributed by atoms with Crippen LogP contribution in [0.15, 0.2) is 48.5 Å². The molecule has 1 heterocycles. The monoisotopic (exact) mass is 354 g/mol. The van der Waals surface area contributed by atoms with Crippen LogP contribution in [0.3, 0.4) is 0 Å². The van der Waals surface area contributed by atoms with Crippen LogP contribution >= 0.6 is 0 Å². The van der Waals surface area contributed by atoms with E-state index < -0.39 is 17.5 Å². The molecule has 1 amide bonds. The summed E-state index contributed by atoms with van der Waals surface area (Å²) in [6.07, 6.45) is 0. The van der Waals surface area contributed by atoms with Gasteiger partial charge in [0.25, 0.3) is 5.91 Å². The third-order valence-electron chi connectivity index (χ3n) is 3.73. The molecule has 3 aromatic rings. The number of benzene rings is 2. The zero-order valence-corrected chi connectivity index (χ0v) is 14.2. The number of hydrogen-bond acceptors (Lipinski definition) is 4. The van der Waals surface area contributed by atoms with Gasteiger partial charge in [-0.15, -0.1) is 10.2 Å². The van der Waals surface area contributed by atoms with Crippen molar-refractivity contribution in [2.24, 2.45) is 0 Å². The molecule has 0 spiro atoms. The average molecular weight is 354 g/mol. The van der Waals surface area contributed by atoms with Gasteiger partial charge in [0.2, 0.25) is 0 Å². The molecule has 132 valence electrons. The molecule has 2 N–H and O–H groups in total. The van der Waals surface area contributed by atoms with Gasteiger partial charge in [0.15, 0.2) is 23.1 Å². The summed E-state index contributed by atoms with van der Waals surface area (Å²) in [4.78, 5) is 12.1. The van der Waals surface area contributed by atoms with Crippen LogP contribution in [0.1, 0.15) is 21.6 Å². The Hall–Kier alpha value is -3.35. The number of anilines is 3. The van der Waals surface area contributed by atoms with Crippen molar-refractivity contribution < 1.29 is 13.6 Å². The van der Waals surface area contributed by atoms with Crippen molar-refractivity contribution in [3.05, 3.63) is 77.0 Å². The van der Waals surface area contributed by atoms with Crippen molar-refractivity contribution in [3.8, 4) is 0 Å². The highest BCUT2D eigenvalue weighted by Crippen LogP contribution is 2.20. The molecule has 0 atom stereocenters. The number of aromatic nitrogens is 2. The number of rotatable bonds is 4. The molecule has 0 radical (unpaired) electrons. The molecule has 5 nitrogen and oxygen atoms in total. The summed E-state index contributed by atoms with van der Waals surface area (Å²) >= 11 is 0. The first-order chi connectivity index (χ1) is 12.4. The topological polar surface area (TPSA) is 66.9 Å². The fraction of sp³-hybridized carbons (Fsp3) is 0.105. The minimum absolute atomic E-state index is 0.0567. The lowest BCUT2D eigenvalue weighted by Gasteiger charge is -2.10. The summed E-state index contributed by atoms with van der Waals surface area (Å²) in [6.45, 7) is 3.96. The molecule has 0 fully saturated rings. The van der Waals surface area contributed by atoms with Crippen LogP contribution in [-0.4, -0.2) is 16.1 Å². The summed E-state index contributed by atoms with van der Waals surface area (Å²) in [5.41, 5.74) is 3.25. The van der Waals surface area contributed by atoms with Crippen molar-refractivity contribution in [2.45, 2.75) is 13.8 Å². The number of aryl methyl sites for hydroxylation is 2. The van der Waals surface area contributed by atoms with Crippen LogP contribution in [0.4, 0.5) is 26.0 Å². The SMILES string of the molecule is Cc1ccc(C)c(Nc2ccc(C(=O)Nc3ccc(F)c(F)c3)nn2)c1. The van der Waals surface area contributed by atoms with Crippen molar-refractivity contribution >= 4 is 23.1 Å². The summed E-state index contributed by atoms with van der Waals surface area (Å²) < 4.78 is 26.1. The number of carbonyl (C=O) groups is 1. The van der Waals surface area contributed by atoms with E-state index in [9.17, 15) is 13.6 Å². The van der Waals surface area contributed by atoms with E-state index in [2.05, 4.69) is 20.8 Å². The molecule has 2 aromatic carbocycles. The van der Waals surface area contributed by atoms with E-state index in [-0.39, 0.29) is 11.4 Å². The van der Waals surface area contributed by atoms with Gasteiger partial charge in [-0.2, -0.15) is 0 Å². The Balaban J connectivity index is 1.71. The van der Waals surface area contributed by atoms with Crippen LogP contribution in [0, 0.1) is 25.5 Å². The second-order valence-electron chi connectivity index (χ2n) is 5.83. The molecule has 0 aliphatic rings. The van der Waals surface area contributed by atoms with E-state index in [1.807, 2.05) is 32.0 Å². The van der Waals surface area contributed by atoms with Crippen molar-refractivity contribution in [1.82, 2.24) is 10.2 Å². The van der Waals surface area contributed by atoms with E-state index in [1.165, 1.54) is 12.1 Å². The molecular formula is C19H16F2N4O. The molecule has 1 aromatic heterocycles. The number of hydrogen-bond donors (Lipinski definition) is 2. The molecular weight excluding hydrogens is 338 g/mol. The minimum atomic E-state index is -1.04. The van der Waals surface area contributed by atoms with Crippen LogP contribution in [-0.2, 0) is 0 Å². The van der Waals surface area contributed by atoms with Gasteiger partial charge in [-0.1, -0.05) is 12.1 Å². The standard InChI is InChI=1S/C19H16F2N4O/c1-11-3-4-12(2)17(9-11)23-18-8-7-16(24-25-18)19(26)22-13-5-6-14(20)15(21)10-13/h3-10H,1-2H3,(H,22,26)(H,23,25). The molecule has 0 unspecified atom stereocenters. The first kappa shape index (κ1) is 17.5. The Bertz CT molecular complexity index is 958. The van der Waals surface area contributed by atoms with Gasteiger partial charge < -0.3 is 10.6 Å². The van der Waals surface area contributed by atoms with E-state index >= 15 is 0 Å². The fourth-order valence-corrected chi connectivity index (χ4v) is 2.30. The number of carbonyl (C=O) groups excluding carboxylic acids is 1. The molecule has 0 aliphatic heterocycles. The zero-order chi connectivity index (χ0) is 18.7. The van der Waals surface area contributed by atoms with Gasteiger partial charge in [0.1, 0.15) is 0 Å². The average Bonchev–Trinajstić information content (AvgIpc) is 2.62. The Morgan fingerprint density at radius 3 is 2.42 bits per heavy atom. The molecule has 3 rings (SSSR count). The number of nitrogens with zero attached hydrogens (tertiary/aromatic N) is 2. The van der Waals surface area contributed by atoms with Gasteiger partial charge in [0, 0.05) is 17.4 Å². The number of nitrogens with one attached hydrogen (secondary N) is 2. The summed E-state index contributed by atoms with van der Waals surface area (Å²) in [6, 6.07) is 12.2. The lowest BCUT2D eigenvalue weighted by molar-refractivity contribution is 0.102. The largest absolute Gasteiger partial charge is 0.339 e. The van der Waals surface area contributed by atoms with E-state index in [4.69, 9.17) is 0 Å². The van der Waals surface area contributed by atoms with Crippen molar-refractivity contribution in [1.29, 1.82) is 0 Å². The first-order valence-electron chi connectivity index (χ1n) is 7.87. The Morgan fingerprint density at radius 1 is 0.923 bits per heavy atom. The Labute approximate surface area is 149 Å². The summed E-state index contributed by atoms with van der Waals surface area (Å²) in [7, 11) is 0. The maximum Gasteiger partial charge on any atom is 0.276 e. The van der Waals surface area contributed by atoms with E-state index in [1.54, 1.807) is 6.07 Å². The predicted molar refractivity (Wildman–Crippen MR) is 95.5 cm³/mol. The van der Waals surface area contributed by atoms with Gasteiger partial charge >= 0.3 is 0 Å². The van der Waals surface area contributed by atoms with Gasteiger partial charge in [-0.3, -0.25) is 4.79 Å². The maximum atomic E-state index is 13.2. The molecule has 0 saturated heterocycles. The first-order valence-corrected chi connectivity index (χ1v) is 7.87. The smallest absolute Gasteiger partial charge is 0.276 e. The molecule has 7 heteroatoms. The second-order valence-corrected chi connectivity index (χ2v) is 5.83. The van der Waals surface area contributed by atoms with E-state index in [0.29, 0.717) is 5.82 Å². The highest BCUT2D eigenvalue weighted by atomic mass is 19.2. The normalized spacial score (nSPS) is 10.5. The highest BCUT2D eigenvalue weighted by Gasteiger charge is 2.11. The van der Waals surface area contributed by atoms with Gasteiger partial charge in [-0.25, -0.2) is 8.78 Å². The van der Waals surface area contributed by atoms with Crippen LogP contribution in [0.2, 0.25) is 0 Å².